The summed E-state index contributed by atoms with van der Waals surface area (Å²) in [5.74, 6) is 1.51. The Morgan fingerprint density at radius 3 is 2.50 bits per heavy atom. The maximum atomic E-state index is 12.7. The molecule has 10 heteroatoms. The van der Waals surface area contributed by atoms with Crippen LogP contribution in [0.5, 0.6) is 0 Å². The largest absolute Gasteiger partial charge is 0.417 e. The zero-order chi connectivity index (χ0) is 17.3. The van der Waals surface area contributed by atoms with Crippen LogP contribution in [0.3, 0.4) is 0 Å². The van der Waals surface area contributed by atoms with Crippen LogP contribution in [-0.2, 0) is 12.7 Å². The van der Waals surface area contributed by atoms with Crippen molar-refractivity contribution in [3.05, 3.63) is 34.6 Å². The number of halogens is 4. The average molecular weight is 362 g/mol. The fraction of sp³-hybridized carbons (Fsp3) is 0.500. The topological polar surface area (TPSA) is 58.3 Å². The maximum Gasteiger partial charge on any atom is 0.417 e. The smallest absolute Gasteiger partial charge is 0.353 e. The summed E-state index contributed by atoms with van der Waals surface area (Å²) in [5.41, 5.74) is -0.845. The lowest BCUT2D eigenvalue weighted by molar-refractivity contribution is -0.137. The predicted octanol–water partition coefficient (Wildman–Crippen LogP) is 2.77. The first-order chi connectivity index (χ1) is 11.3. The maximum absolute atomic E-state index is 12.7. The lowest BCUT2D eigenvalue weighted by Gasteiger charge is -2.35. The highest BCUT2D eigenvalue weighted by Crippen LogP contribution is 2.33. The van der Waals surface area contributed by atoms with Crippen LogP contribution in [0.4, 0.5) is 19.0 Å². The number of hydrogen-bond donors (Lipinski definition) is 0. The minimum absolute atomic E-state index is 0.00654. The highest BCUT2D eigenvalue weighted by Gasteiger charge is 2.32. The summed E-state index contributed by atoms with van der Waals surface area (Å²) in [6.45, 7) is 4.91. The fourth-order valence-electron chi connectivity index (χ4n) is 2.54. The predicted molar refractivity (Wildman–Crippen MR) is 80.8 cm³/mol. The molecule has 0 atom stereocenters. The quantitative estimate of drug-likeness (QED) is 0.838. The molecule has 1 saturated heterocycles. The highest BCUT2D eigenvalue weighted by molar-refractivity contribution is 6.33. The molecule has 0 aliphatic carbocycles. The Balaban J connectivity index is 1.62. The third-order valence-electron chi connectivity index (χ3n) is 3.76. The number of aromatic nitrogens is 3. The summed E-state index contributed by atoms with van der Waals surface area (Å²) in [5, 5.41) is 3.86. The van der Waals surface area contributed by atoms with Gasteiger partial charge >= 0.3 is 6.18 Å². The van der Waals surface area contributed by atoms with Gasteiger partial charge in [-0.1, -0.05) is 16.8 Å². The van der Waals surface area contributed by atoms with E-state index in [1.807, 2.05) is 4.90 Å². The molecule has 6 nitrogen and oxygen atoms in total. The molecule has 0 aromatic carbocycles. The number of rotatable bonds is 3. The second kappa shape index (κ2) is 6.56. The van der Waals surface area contributed by atoms with Crippen LogP contribution in [-0.4, -0.2) is 46.2 Å². The molecule has 0 bridgehead atoms. The number of hydrogen-bond acceptors (Lipinski definition) is 6. The Bertz CT molecular complexity index is 713. The third-order valence-corrected chi connectivity index (χ3v) is 4.03. The summed E-state index contributed by atoms with van der Waals surface area (Å²) < 4.78 is 42.9. The van der Waals surface area contributed by atoms with E-state index in [9.17, 15) is 13.2 Å². The van der Waals surface area contributed by atoms with Crippen LogP contribution >= 0.6 is 11.6 Å². The highest BCUT2D eigenvalue weighted by atomic mass is 35.5. The number of alkyl halides is 3. The van der Waals surface area contributed by atoms with Crippen LogP contribution in [0, 0.1) is 6.92 Å². The Labute approximate surface area is 141 Å². The molecule has 0 N–H and O–H groups in total. The van der Waals surface area contributed by atoms with Gasteiger partial charge in [0.05, 0.1) is 17.1 Å². The van der Waals surface area contributed by atoms with Gasteiger partial charge in [-0.3, -0.25) is 4.90 Å². The molecule has 1 aliphatic heterocycles. The van der Waals surface area contributed by atoms with Crippen molar-refractivity contribution < 1.29 is 17.7 Å². The molecular formula is C14H15ClF3N5O. The van der Waals surface area contributed by atoms with Gasteiger partial charge < -0.3 is 9.42 Å². The van der Waals surface area contributed by atoms with Crippen molar-refractivity contribution in [3.8, 4) is 0 Å². The Hall–Kier alpha value is -1.87. The second-order valence-electron chi connectivity index (χ2n) is 5.52. The minimum Gasteiger partial charge on any atom is -0.353 e. The van der Waals surface area contributed by atoms with Gasteiger partial charge in [-0.25, -0.2) is 4.98 Å². The molecule has 3 heterocycles. The first-order valence-corrected chi connectivity index (χ1v) is 7.70. The van der Waals surface area contributed by atoms with Gasteiger partial charge in [-0.15, -0.1) is 0 Å². The van der Waals surface area contributed by atoms with Gasteiger partial charge in [0.2, 0.25) is 5.89 Å². The van der Waals surface area contributed by atoms with Crippen molar-refractivity contribution in [3.63, 3.8) is 0 Å². The first-order valence-electron chi connectivity index (χ1n) is 7.32. The lowest BCUT2D eigenvalue weighted by atomic mass is 10.2. The zero-order valence-corrected chi connectivity index (χ0v) is 13.6. The number of anilines is 1. The molecule has 0 amide bonds. The van der Waals surface area contributed by atoms with E-state index in [-0.39, 0.29) is 5.02 Å². The standard InChI is InChI=1S/C14H15ClF3N5O/c1-9-20-12(21-24-9)8-22-2-4-23(5-3-22)13-11(15)6-10(7-19-13)14(16,17)18/h6-7H,2-5,8H2,1H3. The monoisotopic (exact) mass is 361 g/mol. The SMILES string of the molecule is Cc1nc(CN2CCN(c3ncc(C(F)(F)F)cc3Cl)CC2)no1. The average Bonchev–Trinajstić information content (AvgIpc) is 2.92. The van der Waals surface area contributed by atoms with Crippen molar-refractivity contribution >= 4 is 17.4 Å². The second-order valence-corrected chi connectivity index (χ2v) is 5.93. The molecule has 0 unspecified atom stereocenters. The van der Waals surface area contributed by atoms with Crippen molar-refractivity contribution in [1.29, 1.82) is 0 Å². The van der Waals surface area contributed by atoms with Gasteiger partial charge in [0, 0.05) is 39.3 Å². The summed E-state index contributed by atoms with van der Waals surface area (Å²) >= 11 is 5.99. The molecule has 130 valence electrons. The third kappa shape index (κ3) is 3.78. The molecular weight excluding hydrogens is 347 g/mol. The van der Waals surface area contributed by atoms with E-state index in [0.717, 1.165) is 12.3 Å². The van der Waals surface area contributed by atoms with Crippen molar-refractivity contribution in [1.82, 2.24) is 20.0 Å². The normalized spacial score (nSPS) is 16.6. The van der Waals surface area contributed by atoms with E-state index >= 15 is 0 Å². The lowest BCUT2D eigenvalue weighted by Crippen LogP contribution is -2.46. The van der Waals surface area contributed by atoms with Crippen molar-refractivity contribution in [2.75, 3.05) is 31.1 Å². The van der Waals surface area contributed by atoms with Crippen LogP contribution in [0.2, 0.25) is 5.02 Å². The molecule has 0 spiro atoms. The molecule has 0 saturated carbocycles. The molecule has 24 heavy (non-hydrogen) atoms. The number of pyridine rings is 1. The fourth-order valence-corrected chi connectivity index (χ4v) is 2.83. The van der Waals surface area contributed by atoms with Crippen LogP contribution in [0.1, 0.15) is 17.3 Å². The van der Waals surface area contributed by atoms with Gasteiger partial charge in [0.15, 0.2) is 5.82 Å². The van der Waals surface area contributed by atoms with E-state index in [0.29, 0.717) is 50.3 Å². The van der Waals surface area contributed by atoms with Crippen molar-refractivity contribution in [2.24, 2.45) is 0 Å². The molecule has 0 radical (unpaired) electrons. The summed E-state index contributed by atoms with van der Waals surface area (Å²) in [7, 11) is 0. The van der Waals surface area contributed by atoms with Gasteiger partial charge in [-0.2, -0.15) is 18.2 Å². The molecule has 2 aromatic rings. The molecule has 2 aromatic heterocycles. The van der Waals surface area contributed by atoms with Crippen molar-refractivity contribution in [2.45, 2.75) is 19.6 Å². The molecule has 1 fully saturated rings. The van der Waals surface area contributed by atoms with E-state index < -0.39 is 11.7 Å². The van der Waals surface area contributed by atoms with E-state index in [4.69, 9.17) is 16.1 Å². The van der Waals surface area contributed by atoms with E-state index in [1.54, 1.807) is 6.92 Å². The summed E-state index contributed by atoms with van der Waals surface area (Å²) in [4.78, 5) is 12.1. The molecule has 3 rings (SSSR count). The van der Waals surface area contributed by atoms with Gasteiger partial charge in [0.25, 0.3) is 0 Å². The van der Waals surface area contributed by atoms with E-state index in [2.05, 4.69) is 20.0 Å². The number of aryl methyl sites for hydroxylation is 1. The first kappa shape index (κ1) is 17.0. The Kier molecular flexibility index (Phi) is 4.64. The minimum atomic E-state index is -4.45. The van der Waals surface area contributed by atoms with Crippen LogP contribution in [0.15, 0.2) is 16.8 Å². The number of nitrogens with zero attached hydrogens (tertiary/aromatic N) is 5. The summed E-state index contributed by atoms with van der Waals surface area (Å²) in [6.07, 6.45) is -3.63. The number of piperazine rings is 1. The van der Waals surface area contributed by atoms with Crippen LogP contribution in [0.25, 0.3) is 0 Å². The van der Waals surface area contributed by atoms with Gasteiger partial charge in [0.1, 0.15) is 5.82 Å². The summed E-state index contributed by atoms with van der Waals surface area (Å²) in [6, 6.07) is 0.915. The Morgan fingerprint density at radius 1 is 1.25 bits per heavy atom. The Morgan fingerprint density at radius 2 is 1.96 bits per heavy atom. The van der Waals surface area contributed by atoms with Gasteiger partial charge in [-0.05, 0) is 6.07 Å². The zero-order valence-electron chi connectivity index (χ0n) is 12.8. The molecule has 1 aliphatic rings. The van der Waals surface area contributed by atoms with E-state index in [1.165, 1.54) is 0 Å². The van der Waals surface area contributed by atoms with Crippen LogP contribution < -0.4 is 4.90 Å².